The quantitative estimate of drug-likeness (QED) is 0.289. The third-order valence-corrected chi connectivity index (χ3v) is 8.81. The standard InChI is InChI=1S/C34H23BO2/c1-4-26(24-16-12-20-10-14-22(20)18-24)33-28(6-1)35-29-7-2-5-27(25-17-13-21-11-15-23(21)19-25)34(29)37-31-9-3-8-30(36-33)32(31)35/h1-9,12-13,16-19H,10-11,14-15H2. The summed E-state index contributed by atoms with van der Waals surface area (Å²) in [4.78, 5) is 0. The minimum atomic E-state index is 0.0666. The normalized spacial score (nSPS) is 15.0. The Labute approximate surface area is 216 Å². The van der Waals surface area contributed by atoms with Crippen LogP contribution in [-0.4, -0.2) is 6.71 Å². The van der Waals surface area contributed by atoms with E-state index in [9.17, 15) is 0 Å². The van der Waals surface area contributed by atoms with Crippen molar-refractivity contribution < 1.29 is 9.47 Å². The Kier molecular flexibility index (Phi) is 3.85. The van der Waals surface area contributed by atoms with E-state index in [-0.39, 0.29) is 6.71 Å². The number of hydrogen-bond acceptors (Lipinski definition) is 2. The Morgan fingerprint density at radius 1 is 0.486 bits per heavy atom. The van der Waals surface area contributed by atoms with Gasteiger partial charge in [-0.3, -0.25) is 0 Å². The first kappa shape index (κ1) is 19.9. The Bertz CT molecular complexity index is 1670. The first-order valence-corrected chi connectivity index (χ1v) is 13.3. The third-order valence-electron chi connectivity index (χ3n) is 8.81. The van der Waals surface area contributed by atoms with Crippen molar-refractivity contribution in [3.05, 3.63) is 113 Å². The number of ether oxygens (including phenoxy) is 2. The van der Waals surface area contributed by atoms with Crippen molar-refractivity contribution in [2.45, 2.75) is 25.7 Å². The molecule has 0 radical (unpaired) electrons. The van der Waals surface area contributed by atoms with Crippen LogP contribution in [0.5, 0.6) is 23.0 Å². The van der Waals surface area contributed by atoms with Crippen molar-refractivity contribution >= 4 is 23.1 Å². The van der Waals surface area contributed by atoms with E-state index in [1.165, 1.54) is 70.0 Å². The molecule has 0 fully saturated rings. The molecular weight excluding hydrogens is 451 g/mol. The van der Waals surface area contributed by atoms with Gasteiger partial charge in [-0.05, 0) is 82.1 Å². The lowest BCUT2D eigenvalue weighted by Gasteiger charge is -2.34. The van der Waals surface area contributed by atoms with Gasteiger partial charge in [-0.15, -0.1) is 0 Å². The monoisotopic (exact) mass is 474 g/mol. The molecule has 0 atom stereocenters. The van der Waals surface area contributed by atoms with Crippen LogP contribution >= 0.6 is 0 Å². The maximum Gasteiger partial charge on any atom is 0.260 e. The van der Waals surface area contributed by atoms with Crippen LogP contribution in [0.4, 0.5) is 0 Å². The Balaban J connectivity index is 1.27. The van der Waals surface area contributed by atoms with Gasteiger partial charge in [0, 0.05) is 16.6 Å². The zero-order chi connectivity index (χ0) is 24.1. The van der Waals surface area contributed by atoms with Crippen molar-refractivity contribution in [1.29, 1.82) is 0 Å². The van der Waals surface area contributed by atoms with Crippen molar-refractivity contribution in [3.8, 4) is 45.3 Å². The summed E-state index contributed by atoms with van der Waals surface area (Å²) in [5.74, 6) is 3.72. The van der Waals surface area contributed by atoms with Gasteiger partial charge in [-0.25, -0.2) is 0 Å². The molecule has 2 nitrogen and oxygen atoms in total. The van der Waals surface area contributed by atoms with Gasteiger partial charge in [0.25, 0.3) is 6.71 Å². The molecule has 3 heteroatoms. The van der Waals surface area contributed by atoms with Crippen molar-refractivity contribution in [2.24, 2.45) is 0 Å². The van der Waals surface area contributed by atoms with Crippen LogP contribution in [0.15, 0.2) is 91.0 Å². The molecule has 2 aliphatic heterocycles. The average molecular weight is 474 g/mol. The molecule has 0 saturated heterocycles. The molecule has 5 aromatic carbocycles. The van der Waals surface area contributed by atoms with Crippen LogP contribution in [0.3, 0.4) is 0 Å². The maximum atomic E-state index is 6.68. The number of benzene rings is 5. The summed E-state index contributed by atoms with van der Waals surface area (Å²) in [6.07, 6.45) is 4.73. The lowest BCUT2D eigenvalue weighted by atomic mass is 9.34. The van der Waals surface area contributed by atoms with E-state index in [0.717, 1.165) is 39.6 Å². The zero-order valence-electron chi connectivity index (χ0n) is 20.4. The summed E-state index contributed by atoms with van der Waals surface area (Å²) >= 11 is 0. The van der Waals surface area contributed by atoms with E-state index >= 15 is 0 Å². The Hall–Kier alpha value is -4.24. The van der Waals surface area contributed by atoms with Crippen LogP contribution in [0.2, 0.25) is 0 Å². The molecule has 2 heterocycles. The van der Waals surface area contributed by atoms with Gasteiger partial charge in [0.1, 0.15) is 23.0 Å². The molecule has 0 aromatic heterocycles. The fourth-order valence-corrected chi connectivity index (χ4v) is 6.66. The molecule has 5 aromatic rings. The number of para-hydroxylation sites is 2. The van der Waals surface area contributed by atoms with Crippen molar-refractivity contribution in [1.82, 2.24) is 0 Å². The minimum Gasteiger partial charge on any atom is -0.458 e. The fourth-order valence-electron chi connectivity index (χ4n) is 6.66. The Morgan fingerprint density at radius 3 is 1.43 bits per heavy atom. The topological polar surface area (TPSA) is 18.5 Å². The van der Waals surface area contributed by atoms with E-state index in [2.05, 4.69) is 84.9 Å². The molecule has 0 saturated carbocycles. The van der Waals surface area contributed by atoms with Gasteiger partial charge >= 0.3 is 0 Å². The smallest absolute Gasteiger partial charge is 0.260 e. The lowest BCUT2D eigenvalue weighted by Crippen LogP contribution is -2.57. The fraction of sp³-hybridized carbons (Fsp3) is 0.118. The summed E-state index contributed by atoms with van der Waals surface area (Å²) in [5.41, 5.74) is 14.2. The van der Waals surface area contributed by atoms with Crippen molar-refractivity contribution in [3.63, 3.8) is 0 Å². The molecule has 4 aliphatic rings. The van der Waals surface area contributed by atoms with Gasteiger partial charge < -0.3 is 9.47 Å². The van der Waals surface area contributed by atoms with Crippen LogP contribution < -0.4 is 25.9 Å². The van der Waals surface area contributed by atoms with E-state index in [4.69, 9.17) is 9.47 Å². The predicted octanol–water partition coefficient (Wildman–Crippen LogP) is 5.95. The summed E-state index contributed by atoms with van der Waals surface area (Å²) < 4.78 is 13.4. The molecule has 0 spiro atoms. The average Bonchev–Trinajstić information content (AvgIpc) is 2.90. The highest BCUT2D eigenvalue weighted by molar-refractivity contribution is 6.98. The van der Waals surface area contributed by atoms with Crippen LogP contribution in [0.25, 0.3) is 22.3 Å². The Morgan fingerprint density at radius 2 is 0.973 bits per heavy atom. The van der Waals surface area contributed by atoms with Gasteiger partial charge in [0.05, 0.1) is 0 Å². The largest absolute Gasteiger partial charge is 0.458 e. The first-order valence-electron chi connectivity index (χ1n) is 13.3. The second-order valence-electron chi connectivity index (χ2n) is 10.7. The van der Waals surface area contributed by atoms with Crippen LogP contribution in [0.1, 0.15) is 22.3 Å². The summed E-state index contributed by atoms with van der Waals surface area (Å²) in [7, 11) is 0. The second kappa shape index (κ2) is 7.17. The number of aryl methyl sites for hydroxylation is 4. The maximum absolute atomic E-state index is 6.68. The predicted molar refractivity (Wildman–Crippen MR) is 150 cm³/mol. The molecule has 2 aliphatic carbocycles. The van der Waals surface area contributed by atoms with E-state index in [1.807, 2.05) is 6.07 Å². The highest BCUT2D eigenvalue weighted by Gasteiger charge is 2.41. The van der Waals surface area contributed by atoms with Crippen molar-refractivity contribution in [2.75, 3.05) is 0 Å². The molecule has 0 amide bonds. The van der Waals surface area contributed by atoms with Crippen LogP contribution in [-0.2, 0) is 25.7 Å². The molecule has 37 heavy (non-hydrogen) atoms. The molecule has 0 bridgehead atoms. The minimum absolute atomic E-state index is 0.0666. The zero-order valence-corrected chi connectivity index (χ0v) is 20.4. The highest BCUT2D eigenvalue weighted by Crippen LogP contribution is 2.42. The highest BCUT2D eigenvalue weighted by atomic mass is 16.5. The van der Waals surface area contributed by atoms with E-state index < -0.39 is 0 Å². The molecule has 9 rings (SSSR count). The molecule has 0 N–H and O–H groups in total. The number of rotatable bonds is 2. The number of fused-ring (bicyclic) bond motifs is 6. The third kappa shape index (κ3) is 2.72. The first-order chi connectivity index (χ1) is 18.3. The lowest BCUT2D eigenvalue weighted by molar-refractivity contribution is 0.466. The molecule has 174 valence electrons. The van der Waals surface area contributed by atoms with Gasteiger partial charge in [-0.1, -0.05) is 78.9 Å². The second-order valence-corrected chi connectivity index (χ2v) is 10.7. The van der Waals surface area contributed by atoms with Gasteiger partial charge in [0.2, 0.25) is 0 Å². The summed E-state index contributed by atoms with van der Waals surface area (Å²) in [6, 6.07) is 33.2. The summed E-state index contributed by atoms with van der Waals surface area (Å²) in [5, 5.41) is 0. The number of hydrogen-bond donors (Lipinski definition) is 0. The molecule has 0 unspecified atom stereocenters. The molecular formula is C34H23BO2. The van der Waals surface area contributed by atoms with Crippen LogP contribution in [0, 0.1) is 0 Å². The van der Waals surface area contributed by atoms with Gasteiger partial charge in [0.15, 0.2) is 0 Å². The van der Waals surface area contributed by atoms with E-state index in [0.29, 0.717) is 0 Å². The van der Waals surface area contributed by atoms with E-state index in [1.54, 1.807) is 0 Å². The van der Waals surface area contributed by atoms with Gasteiger partial charge in [-0.2, -0.15) is 0 Å². The SMILES string of the molecule is c1cc2c3c(c1)Oc1c(cccc1-c1ccc4c(c1)CC4)B3c1cccc(-c3ccc4c(c3)CC4)c1O2. The summed E-state index contributed by atoms with van der Waals surface area (Å²) in [6.45, 7) is 0.0666.